The lowest BCUT2D eigenvalue weighted by Crippen LogP contribution is -2.33. The summed E-state index contributed by atoms with van der Waals surface area (Å²) in [5.74, 6) is -1.15. The monoisotopic (exact) mass is 251 g/mol. The summed E-state index contributed by atoms with van der Waals surface area (Å²) in [5.41, 5.74) is 0.763. The lowest BCUT2D eigenvalue weighted by Gasteiger charge is -2.06. The number of aromatic nitrogens is 1. The average Bonchev–Trinajstić information content (AvgIpc) is 2.37. The van der Waals surface area contributed by atoms with Crippen molar-refractivity contribution in [3.05, 3.63) is 29.6 Å². The summed E-state index contributed by atoms with van der Waals surface area (Å²) in [7, 11) is 0. The van der Waals surface area contributed by atoms with Crippen molar-refractivity contribution >= 4 is 11.9 Å². The molecular formula is C12H17N3O3. The molecule has 0 aliphatic carbocycles. The van der Waals surface area contributed by atoms with E-state index in [1.54, 1.807) is 6.07 Å². The Morgan fingerprint density at radius 1 is 1.39 bits per heavy atom. The molecule has 0 aliphatic heterocycles. The van der Waals surface area contributed by atoms with Crippen molar-refractivity contribution in [1.29, 1.82) is 0 Å². The van der Waals surface area contributed by atoms with Gasteiger partial charge < -0.3 is 15.7 Å². The van der Waals surface area contributed by atoms with Crippen LogP contribution in [0.25, 0.3) is 0 Å². The van der Waals surface area contributed by atoms with E-state index in [0.29, 0.717) is 6.54 Å². The number of aromatic carboxylic acids is 1. The van der Waals surface area contributed by atoms with Crippen LogP contribution in [0.3, 0.4) is 0 Å². The number of carbonyl (C=O) groups excluding carboxylic acids is 1. The first-order chi connectivity index (χ1) is 8.63. The van der Waals surface area contributed by atoms with E-state index in [2.05, 4.69) is 15.6 Å². The second kappa shape index (κ2) is 7.39. The molecule has 1 rings (SSSR count). The van der Waals surface area contributed by atoms with Crippen LogP contribution < -0.4 is 10.6 Å². The quantitative estimate of drug-likeness (QED) is 0.610. The van der Waals surface area contributed by atoms with Crippen LogP contribution in [0.2, 0.25) is 0 Å². The highest BCUT2D eigenvalue weighted by Gasteiger charge is 2.04. The van der Waals surface area contributed by atoms with Crippen LogP contribution in [-0.2, 0) is 11.3 Å². The minimum atomic E-state index is -1.06. The maximum absolute atomic E-state index is 11.4. The maximum Gasteiger partial charge on any atom is 0.354 e. The average molecular weight is 251 g/mol. The molecule has 6 nitrogen and oxygen atoms in total. The van der Waals surface area contributed by atoms with Crippen LogP contribution in [-0.4, -0.2) is 35.1 Å². The Kier molecular flexibility index (Phi) is 5.79. The molecule has 18 heavy (non-hydrogen) atoms. The molecule has 0 saturated carbocycles. The Labute approximate surface area is 105 Å². The van der Waals surface area contributed by atoms with Crippen LogP contribution in [0.4, 0.5) is 0 Å². The number of hydrogen-bond donors (Lipinski definition) is 3. The Bertz CT molecular complexity index is 404. The highest BCUT2D eigenvalue weighted by Crippen LogP contribution is 1.99. The number of carbonyl (C=O) groups is 2. The Morgan fingerprint density at radius 3 is 2.72 bits per heavy atom. The van der Waals surface area contributed by atoms with Crippen molar-refractivity contribution < 1.29 is 14.7 Å². The van der Waals surface area contributed by atoms with Gasteiger partial charge in [0.25, 0.3) is 0 Å². The third-order valence-corrected chi connectivity index (χ3v) is 2.25. The summed E-state index contributed by atoms with van der Waals surface area (Å²) in [6.45, 7) is 3.47. The topological polar surface area (TPSA) is 91.3 Å². The van der Waals surface area contributed by atoms with E-state index in [1.165, 1.54) is 12.3 Å². The Hall–Kier alpha value is -1.95. The molecule has 0 aliphatic rings. The molecule has 3 N–H and O–H groups in total. The van der Waals surface area contributed by atoms with E-state index in [9.17, 15) is 9.59 Å². The molecule has 1 heterocycles. The molecule has 0 saturated heterocycles. The third-order valence-electron chi connectivity index (χ3n) is 2.25. The molecule has 0 aromatic carbocycles. The van der Waals surface area contributed by atoms with Crippen LogP contribution in [0.1, 0.15) is 29.4 Å². The molecule has 0 fully saturated rings. The molecule has 0 bridgehead atoms. The predicted octanol–water partition coefficient (Wildman–Crippen LogP) is 0.396. The van der Waals surface area contributed by atoms with Crippen molar-refractivity contribution in [2.45, 2.75) is 19.9 Å². The number of rotatable bonds is 7. The van der Waals surface area contributed by atoms with Gasteiger partial charge in [0.05, 0.1) is 6.54 Å². The van der Waals surface area contributed by atoms with Gasteiger partial charge >= 0.3 is 5.97 Å². The molecule has 98 valence electrons. The van der Waals surface area contributed by atoms with Crippen molar-refractivity contribution in [1.82, 2.24) is 15.6 Å². The van der Waals surface area contributed by atoms with Crippen molar-refractivity contribution in [2.24, 2.45) is 0 Å². The standard InChI is InChI=1S/C12H17N3O3/c1-2-5-13-8-11(16)15-7-9-3-4-10(12(17)18)14-6-9/h3-4,6,13H,2,5,7-8H2,1H3,(H,15,16)(H,17,18). The third kappa shape index (κ3) is 4.92. The van der Waals surface area contributed by atoms with E-state index in [4.69, 9.17) is 5.11 Å². The van der Waals surface area contributed by atoms with Crippen LogP contribution in [0.5, 0.6) is 0 Å². The lowest BCUT2D eigenvalue weighted by molar-refractivity contribution is -0.120. The number of nitrogens with one attached hydrogen (secondary N) is 2. The van der Waals surface area contributed by atoms with Crippen LogP contribution >= 0.6 is 0 Å². The summed E-state index contributed by atoms with van der Waals surface area (Å²) in [5, 5.41) is 14.4. The van der Waals surface area contributed by atoms with Gasteiger partial charge in [-0.15, -0.1) is 0 Å². The molecule has 0 spiro atoms. The van der Waals surface area contributed by atoms with Crippen LogP contribution in [0, 0.1) is 0 Å². The SMILES string of the molecule is CCCNCC(=O)NCc1ccc(C(=O)O)nc1. The molecule has 6 heteroatoms. The van der Waals surface area contributed by atoms with Gasteiger partial charge in [0.2, 0.25) is 5.91 Å². The number of pyridine rings is 1. The summed E-state index contributed by atoms with van der Waals surface area (Å²) >= 11 is 0. The van der Waals surface area contributed by atoms with Crippen LogP contribution in [0.15, 0.2) is 18.3 Å². The summed E-state index contributed by atoms with van der Waals surface area (Å²) < 4.78 is 0. The van der Waals surface area contributed by atoms with Gasteiger partial charge in [-0.2, -0.15) is 0 Å². The molecule has 1 aromatic heterocycles. The summed E-state index contributed by atoms with van der Waals surface area (Å²) in [4.78, 5) is 25.7. The highest BCUT2D eigenvalue weighted by atomic mass is 16.4. The Morgan fingerprint density at radius 2 is 2.17 bits per heavy atom. The first-order valence-electron chi connectivity index (χ1n) is 5.79. The first-order valence-corrected chi connectivity index (χ1v) is 5.79. The highest BCUT2D eigenvalue weighted by molar-refractivity contribution is 5.85. The fourth-order valence-corrected chi connectivity index (χ4v) is 1.30. The molecule has 1 aromatic rings. The van der Waals surface area contributed by atoms with Gasteiger partial charge in [0.1, 0.15) is 5.69 Å². The number of nitrogens with zero attached hydrogens (tertiary/aromatic N) is 1. The van der Waals surface area contributed by atoms with Gasteiger partial charge in [-0.1, -0.05) is 13.0 Å². The normalized spacial score (nSPS) is 10.1. The molecule has 0 radical (unpaired) electrons. The zero-order chi connectivity index (χ0) is 13.4. The van der Waals surface area contributed by atoms with Gasteiger partial charge in [-0.05, 0) is 24.6 Å². The summed E-state index contributed by atoms with van der Waals surface area (Å²) in [6, 6.07) is 3.05. The minimum absolute atomic E-state index is 0.00492. The van der Waals surface area contributed by atoms with Crippen molar-refractivity contribution in [3.8, 4) is 0 Å². The number of amides is 1. The number of carboxylic acid groups (broad SMARTS) is 1. The molecule has 0 unspecified atom stereocenters. The zero-order valence-corrected chi connectivity index (χ0v) is 10.3. The van der Waals surface area contributed by atoms with E-state index in [0.717, 1.165) is 18.5 Å². The van der Waals surface area contributed by atoms with Crippen molar-refractivity contribution in [3.63, 3.8) is 0 Å². The fraction of sp³-hybridized carbons (Fsp3) is 0.417. The second-order valence-electron chi connectivity index (χ2n) is 3.81. The maximum atomic E-state index is 11.4. The smallest absolute Gasteiger partial charge is 0.354 e. The predicted molar refractivity (Wildman–Crippen MR) is 66.2 cm³/mol. The number of carboxylic acids is 1. The zero-order valence-electron chi connectivity index (χ0n) is 10.3. The minimum Gasteiger partial charge on any atom is -0.477 e. The molecule has 1 amide bonds. The fourth-order valence-electron chi connectivity index (χ4n) is 1.30. The lowest BCUT2D eigenvalue weighted by atomic mass is 10.2. The summed E-state index contributed by atoms with van der Waals surface area (Å²) in [6.07, 6.45) is 2.43. The van der Waals surface area contributed by atoms with Gasteiger partial charge in [0.15, 0.2) is 0 Å². The van der Waals surface area contributed by atoms with E-state index in [1.807, 2.05) is 6.92 Å². The van der Waals surface area contributed by atoms with Crippen molar-refractivity contribution in [2.75, 3.05) is 13.1 Å². The van der Waals surface area contributed by atoms with Gasteiger partial charge in [0, 0.05) is 12.7 Å². The number of hydrogen-bond acceptors (Lipinski definition) is 4. The van der Waals surface area contributed by atoms with E-state index >= 15 is 0 Å². The molecule has 0 atom stereocenters. The largest absolute Gasteiger partial charge is 0.477 e. The van der Waals surface area contributed by atoms with Gasteiger partial charge in [-0.25, -0.2) is 9.78 Å². The Balaban J connectivity index is 2.34. The van der Waals surface area contributed by atoms with E-state index in [-0.39, 0.29) is 18.1 Å². The van der Waals surface area contributed by atoms with Gasteiger partial charge in [-0.3, -0.25) is 4.79 Å². The molecular weight excluding hydrogens is 234 g/mol. The second-order valence-corrected chi connectivity index (χ2v) is 3.81. The van der Waals surface area contributed by atoms with E-state index < -0.39 is 5.97 Å². The first kappa shape index (κ1) is 14.1.